The van der Waals surface area contributed by atoms with Crippen molar-refractivity contribution in [3.63, 3.8) is 0 Å². The molecular weight excluding hydrogens is 242 g/mol. The summed E-state index contributed by atoms with van der Waals surface area (Å²) in [6.07, 6.45) is 0.453. The van der Waals surface area contributed by atoms with E-state index in [4.69, 9.17) is 4.74 Å². The molecule has 0 aromatic carbocycles. The van der Waals surface area contributed by atoms with Crippen LogP contribution in [0.3, 0.4) is 0 Å². The van der Waals surface area contributed by atoms with Gasteiger partial charge < -0.3 is 9.72 Å². The standard InChI is InChI=1S/C15H23NO3/c1-7-19-14(18)13-9(2)12(10(3)16-13)11(17)8-15(4,5)6/h16H,7-8H2,1-6H3. The molecule has 1 rings (SSSR count). The average molecular weight is 265 g/mol. The summed E-state index contributed by atoms with van der Waals surface area (Å²) in [6, 6.07) is 0. The van der Waals surface area contributed by atoms with Crippen LogP contribution in [0, 0.1) is 19.3 Å². The SMILES string of the molecule is CCOC(=O)c1[nH]c(C)c(C(=O)CC(C)(C)C)c1C. The average Bonchev–Trinajstić information content (AvgIpc) is 2.52. The number of rotatable bonds is 4. The Hall–Kier alpha value is -1.58. The highest BCUT2D eigenvalue weighted by atomic mass is 16.5. The number of Topliss-reactive ketones (excluding diaryl/α,β-unsaturated/α-hetero) is 1. The van der Waals surface area contributed by atoms with Gasteiger partial charge in [-0.3, -0.25) is 4.79 Å². The number of H-pyrrole nitrogens is 1. The zero-order valence-electron chi connectivity index (χ0n) is 12.6. The molecule has 0 bridgehead atoms. The van der Waals surface area contributed by atoms with E-state index in [9.17, 15) is 9.59 Å². The molecule has 1 aromatic heterocycles. The largest absolute Gasteiger partial charge is 0.461 e. The van der Waals surface area contributed by atoms with E-state index >= 15 is 0 Å². The molecular formula is C15H23NO3. The van der Waals surface area contributed by atoms with Crippen molar-refractivity contribution in [2.75, 3.05) is 6.61 Å². The van der Waals surface area contributed by atoms with Gasteiger partial charge in [0, 0.05) is 17.7 Å². The minimum atomic E-state index is -0.405. The first kappa shape index (κ1) is 15.5. The molecule has 1 aromatic rings. The van der Waals surface area contributed by atoms with E-state index in [2.05, 4.69) is 4.98 Å². The van der Waals surface area contributed by atoms with E-state index in [0.717, 1.165) is 5.69 Å². The topological polar surface area (TPSA) is 59.2 Å². The Balaban J connectivity index is 3.10. The molecule has 0 atom stereocenters. The number of ketones is 1. The van der Waals surface area contributed by atoms with Crippen molar-refractivity contribution in [2.24, 2.45) is 5.41 Å². The summed E-state index contributed by atoms with van der Waals surface area (Å²) in [5, 5.41) is 0. The Labute approximate surface area is 114 Å². The number of carbonyl (C=O) groups excluding carboxylic acids is 2. The third kappa shape index (κ3) is 3.69. The van der Waals surface area contributed by atoms with Crippen LogP contribution in [-0.4, -0.2) is 23.3 Å². The fraction of sp³-hybridized carbons (Fsp3) is 0.600. The van der Waals surface area contributed by atoms with Crippen LogP contribution < -0.4 is 0 Å². The molecule has 19 heavy (non-hydrogen) atoms. The highest BCUT2D eigenvalue weighted by Gasteiger charge is 2.25. The van der Waals surface area contributed by atoms with E-state index < -0.39 is 5.97 Å². The highest BCUT2D eigenvalue weighted by Crippen LogP contribution is 2.26. The normalized spacial score (nSPS) is 11.5. The van der Waals surface area contributed by atoms with Crippen LogP contribution in [0.4, 0.5) is 0 Å². The fourth-order valence-corrected chi connectivity index (χ4v) is 2.15. The number of aryl methyl sites for hydroxylation is 1. The van der Waals surface area contributed by atoms with Gasteiger partial charge in [-0.2, -0.15) is 0 Å². The van der Waals surface area contributed by atoms with Gasteiger partial charge in [-0.25, -0.2) is 4.79 Å². The molecule has 0 saturated heterocycles. The van der Waals surface area contributed by atoms with E-state index in [0.29, 0.717) is 29.8 Å². The quantitative estimate of drug-likeness (QED) is 0.670. The zero-order chi connectivity index (χ0) is 14.8. The van der Waals surface area contributed by atoms with Crippen LogP contribution in [-0.2, 0) is 4.74 Å². The van der Waals surface area contributed by atoms with Gasteiger partial charge in [0.2, 0.25) is 0 Å². The van der Waals surface area contributed by atoms with Gasteiger partial charge in [0.1, 0.15) is 5.69 Å². The van der Waals surface area contributed by atoms with Crippen molar-refractivity contribution in [3.05, 3.63) is 22.5 Å². The summed E-state index contributed by atoms with van der Waals surface area (Å²) < 4.78 is 4.98. The van der Waals surface area contributed by atoms with Gasteiger partial charge in [0.05, 0.1) is 6.61 Å². The molecule has 0 aliphatic rings. The van der Waals surface area contributed by atoms with Crippen molar-refractivity contribution in [2.45, 2.75) is 48.0 Å². The summed E-state index contributed by atoms with van der Waals surface area (Å²) in [5.41, 5.74) is 2.35. The number of ether oxygens (including phenoxy) is 1. The van der Waals surface area contributed by atoms with Gasteiger partial charge in [-0.15, -0.1) is 0 Å². The van der Waals surface area contributed by atoms with Gasteiger partial charge in [-0.1, -0.05) is 20.8 Å². The van der Waals surface area contributed by atoms with E-state index in [1.807, 2.05) is 27.7 Å². The molecule has 0 unspecified atom stereocenters. The number of esters is 1. The minimum absolute atomic E-state index is 0.0642. The van der Waals surface area contributed by atoms with E-state index in [-0.39, 0.29) is 11.2 Å². The Kier molecular flexibility index (Phi) is 4.56. The Morgan fingerprint density at radius 2 is 1.79 bits per heavy atom. The van der Waals surface area contributed by atoms with Crippen molar-refractivity contribution in [1.29, 1.82) is 0 Å². The number of hydrogen-bond acceptors (Lipinski definition) is 3. The van der Waals surface area contributed by atoms with Crippen molar-refractivity contribution < 1.29 is 14.3 Å². The van der Waals surface area contributed by atoms with Crippen molar-refractivity contribution >= 4 is 11.8 Å². The third-order valence-electron chi connectivity index (χ3n) is 2.89. The second kappa shape index (κ2) is 5.59. The summed E-state index contributed by atoms with van der Waals surface area (Å²) in [7, 11) is 0. The molecule has 0 amide bonds. The maximum Gasteiger partial charge on any atom is 0.355 e. The number of carbonyl (C=O) groups is 2. The van der Waals surface area contributed by atoms with Gasteiger partial charge >= 0.3 is 5.97 Å². The van der Waals surface area contributed by atoms with Crippen LogP contribution in [0.5, 0.6) is 0 Å². The smallest absolute Gasteiger partial charge is 0.355 e. The third-order valence-corrected chi connectivity index (χ3v) is 2.89. The summed E-state index contributed by atoms with van der Waals surface area (Å²) in [6.45, 7) is 11.7. The minimum Gasteiger partial charge on any atom is -0.461 e. The van der Waals surface area contributed by atoms with E-state index in [1.165, 1.54) is 0 Å². The Morgan fingerprint density at radius 3 is 2.26 bits per heavy atom. The van der Waals surface area contributed by atoms with Crippen LogP contribution in [0.2, 0.25) is 0 Å². The number of aromatic nitrogens is 1. The molecule has 0 saturated carbocycles. The lowest BCUT2D eigenvalue weighted by Gasteiger charge is -2.17. The zero-order valence-corrected chi connectivity index (χ0v) is 12.6. The highest BCUT2D eigenvalue weighted by molar-refractivity contribution is 6.02. The van der Waals surface area contributed by atoms with Gasteiger partial charge in [0.25, 0.3) is 0 Å². The molecule has 4 nitrogen and oxygen atoms in total. The molecule has 0 aliphatic carbocycles. The summed E-state index contributed by atoms with van der Waals surface area (Å²) in [4.78, 5) is 27.1. The molecule has 1 N–H and O–H groups in total. The second-order valence-electron chi connectivity index (χ2n) is 6.01. The van der Waals surface area contributed by atoms with Crippen molar-refractivity contribution in [3.8, 4) is 0 Å². The van der Waals surface area contributed by atoms with Gasteiger partial charge in [0.15, 0.2) is 5.78 Å². The summed E-state index contributed by atoms with van der Waals surface area (Å²) >= 11 is 0. The monoisotopic (exact) mass is 265 g/mol. The molecule has 0 fully saturated rings. The molecule has 106 valence electrons. The van der Waals surface area contributed by atoms with Crippen molar-refractivity contribution in [1.82, 2.24) is 4.98 Å². The number of nitrogens with one attached hydrogen (secondary N) is 1. The molecule has 1 heterocycles. The van der Waals surface area contributed by atoms with Crippen LogP contribution in [0.25, 0.3) is 0 Å². The molecule has 0 aliphatic heterocycles. The fourth-order valence-electron chi connectivity index (χ4n) is 2.15. The molecule has 0 spiro atoms. The Bertz CT molecular complexity index is 492. The predicted molar refractivity (Wildman–Crippen MR) is 74.6 cm³/mol. The lowest BCUT2D eigenvalue weighted by atomic mass is 9.87. The first-order valence-electron chi connectivity index (χ1n) is 6.57. The summed E-state index contributed by atoms with van der Waals surface area (Å²) in [5.74, 6) is -0.341. The number of hydrogen-bond donors (Lipinski definition) is 1. The first-order chi connectivity index (χ1) is 8.67. The molecule has 0 radical (unpaired) electrons. The Morgan fingerprint density at radius 1 is 1.21 bits per heavy atom. The first-order valence-corrected chi connectivity index (χ1v) is 6.57. The van der Waals surface area contributed by atoms with E-state index in [1.54, 1.807) is 13.8 Å². The number of aromatic amines is 1. The lowest BCUT2D eigenvalue weighted by Crippen LogP contribution is -2.14. The lowest BCUT2D eigenvalue weighted by molar-refractivity contribution is 0.0519. The molecule has 4 heteroatoms. The second-order valence-corrected chi connectivity index (χ2v) is 6.01. The predicted octanol–water partition coefficient (Wildman–Crippen LogP) is 3.43. The van der Waals surface area contributed by atoms with Crippen LogP contribution >= 0.6 is 0 Å². The van der Waals surface area contributed by atoms with Crippen LogP contribution in [0.1, 0.15) is 66.2 Å². The van der Waals surface area contributed by atoms with Crippen LogP contribution in [0.15, 0.2) is 0 Å². The maximum atomic E-state index is 12.3. The maximum absolute atomic E-state index is 12.3. The van der Waals surface area contributed by atoms with Gasteiger partial charge in [-0.05, 0) is 31.7 Å².